The summed E-state index contributed by atoms with van der Waals surface area (Å²) < 4.78 is 16.4. The molecule has 0 unspecified atom stereocenters. The molecule has 166 valence electrons. The molecular weight excluding hydrogens is 432 g/mol. The number of ether oxygens (including phenoxy) is 2. The van der Waals surface area contributed by atoms with Gasteiger partial charge in [0, 0.05) is 23.7 Å². The second-order valence-electron chi connectivity index (χ2n) is 6.97. The summed E-state index contributed by atoms with van der Waals surface area (Å²) in [6.45, 7) is 0.0708. The molecule has 2 N–H and O–H groups in total. The summed E-state index contributed by atoms with van der Waals surface area (Å²) in [6, 6.07) is 16.1. The minimum Gasteiger partial charge on any atom is -0.493 e. The molecule has 0 aliphatic rings. The molecule has 0 fully saturated rings. The molecule has 3 rings (SSSR count). The van der Waals surface area contributed by atoms with E-state index in [1.54, 1.807) is 48.4 Å². The van der Waals surface area contributed by atoms with Crippen LogP contribution in [-0.2, 0) is 16.1 Å². The second-order valence-corrected chi connectivity index (χ2v) is 7.40. The van der Waals surface area contributed by atoms with Gasteiger partial charge in [0.25, 0.3) is 5.91 Å². The van der Waals surface area contributed by atoms with Gasteiger partial charge in [-0.2, -0.15) is 0 Å². The minimum atomic E-state index is -0.582. The van der Waals surface area contributed by atoms with Gasteiger partial charge in [0.05, 0.1) is 13.7 Å². The maximum atomic E-state index is 12.5. The quantitative estimate of drug-likeness (QED) is 0.490. The van der Waals surface area contributed by atoms with Crippen LogP contribution in [0.4, 0.5) is 0 Å². The number of furan rings is 1. The van der Waals surface area contributed by atoms with Crippen LogP contribution in [0.15, 0.2) is 65.1 Å². The average molecular weight is 455 g/mol. The molecule has 2 aromatic carbocycles. The van der Waals surface area contributed by atoms with Gasteiger partial charge in [-0.25, -0.2) is 0 Å². The fourth-order valence-electron chi connectivity index (χ4n) is 2.89. The van der Waals surface area contributed by atoms with Crippen LogP contribution < -0.4 is 15.2 Å². The van der Waals surface area contributed by atoms with Crippen molar-refractivity contribution in [3.8, 4) is 22.8 Å². The fourth-order valence-corrected chi connectivity index (χ4v) is 3.02. The van der Waals surface area contributed by atoms with Crippen molar-refractivity contribution in [3.63, 3.8) is 0 Å². The lowest BCUT2D eigenvalue weighted by molar-refractivity contribution is -0.125. The number of hydrogen-bond acceptors (Lipinski definition) is 5. The number of benzene rings is 2. The van der Waals surface area contributed by atoms with Gasteiger partial charge in [0.2, 0.25) is 5.91 Å². The van der Waals surface area contributed by atoms with E-state index in [0.29, 0.717) is 34.6 Å². The van der Waals surface area contributed by atoms with E-state index in [-0.39, 0.29) is 12.5 Å². The van der Waals surface area contributed by atoms with Crippen molar-refractivity contribution in [2.75, 3.05) is 20.8 Å². The third kappa shape index (κ3) is 6.15. The molecule has 0 aliphatic carbocycles. The highest BCUT2D eigenvalue weighted by Gasteiger charge is 2.11. The van der Waals surface area contributed by atoms with Crippen LogP contribution in [0, 0.1) is 0 Å². The third-order valence-electron chi connectivity index (χ3n) is 4.54. The Morgan fingerprint density at radius 2 is 1.84 bits per heavy atom. The van der Waals surface area contributed by atoms with Crippen molar-refractivity contribution in [1.82, 2.24) is 4.90 Å². The summed E-state index contributed by atoms with van der Waals surface area (Å²) in [5, 5.41) is 0.656. The first-order valence-electron chi connectivity index (χ1n) is 9.72. The first-order valence-corrected chi connectivity index (χ1v) is 10.1. The molecule has 7 nitrogen and oxygen atoms in total. The van der Waals surface area contributed by atoms with E-state index in [2.05, 4.69) is 0 Å². The standard InChI is InChI=1S/C24H23ClN2O5/c1-27(14-19-9-11-20(32-19)17-5-7-18(25)8-6-17)24(29)12-4-16-3-10-21(22(13-16)30-2)31-15-23(26)28/h3-13H,14-15H2,1-2H3,(H2,26,28)/b12-4+. The van der Waals surface area contributed by atoms with E-state index in [4.69, 9.17) is 31.2 Å². The Morgan fingerprint density at radius 1 is 1.09 bits per heavy atom. The molecule has 0 atom stereocenters. The van der Waals surface area contributed by atoms with Gasteiger partial charge in [-0.05, 0) is 60.2 Å². The predicted molar refractivity (Wildman–Crippen MR) is 122 cm³/mol. The molecule has 32 heavy (non-hydrogen) atoms. The number of hydrogen-bond donors (Lipinski definition) is 1. The molecule has 0 spiro atoms. The number of nitrogens with zero attached hydrogens (tertiary/aromatic N) is 1. The van der Waals surface area contributed by atoms with E-state index in [1.165, 1.54) is 13.2 Å². The lowest BCUT2D eigenvalue weighted by Gasteiger charge is -2.13. The number of carbonyl (C=O) groups excluding carboxylic acids is 2. The highest BCUT2D eigenvalue weighted by atomic mass is 35.5. The summed E-state index contributed by atoms with van der Waals surface area (Å²) >= 11 is 5.92. The summed E-state index contributed by atoms with van der Waals surface area (Å²) in [4.78, 5) is 24.9. The maximum absolute atomic E-state index is 12.5. The average Bonchev–Trinajstić information content (AvgIpc) is 3.24. The second kappa shape index (κ2) is 10.5. The van der Waals surface area contributed by atoms with Gasteiger partial charge in [0.1, 0.15) is 11.5 Å². The van der Waals surface area contributed by atoms with Gasteiger partial charge in [-0.15, -0.1) is 0 Å². The summed E-state index contributed by atoms with van der Waals surface area (Å²) in [5.74, 6) is 1.42. The molecule has 2 amide bonds. The molecule has 3 aromatic rings. The van der Waals surface area contributed by atoms with Crippen LogP contribution >= 0.6 is 11.6 Å². The Bertz CT molecular complexity index is 1120. The van der Waals surface area contributed by atoms with Crippen molar-refractivity contribution < 1.29 is 23.5 Å². The molecule has 0 saturated carbocycles. The molecule has 0 saturated heterocycles. The van der Waals surface area contributed by atoms with Gasteiger partial charge >= 0.3 is 0 Å². The third-order valence-corrected chi connectivity index (χ3v) is 4.79. The fraction of sp³-hybridized carbons (Fsp3) is 0.167. The Labute approximate surface area is 191 Å². The van der Waals surface area contributed by atoms with E-state index in [0.717, 1.165) is 11.1 Å². The van der Waals surface area contributed by atoms with Crippen LogP contribution in [0.2, 0.25) is 5.02 Å². The predicted octanol–water partition coefficient (Wildman–Crippen LogP) is 4.14. The zero-order valence-corrected chi connectivity index (χ0v) is 18.5. The molecule has 0 bridgehead atoms. The van der Waals surface area contributed by atoms with Gasteiger partial charge < -0.3 is 24.5 Å². The Morgan fingerprint density at radius 3 is 2.53 bits per heavy atom. The molecule has 8 heteroatoms. The largest absolute Gasteiger partial charge is 0.493 e. The Kier molecular flexibility index (Phi) is 7.57. The van der Waals surface area contributed by atoms with E-state index < -0.39 is 5.91 Å². The van der Waals surface area contributed by atoms with Crippen molar-refractivity contribution >= 4 is 29.5 Å². The minimum absolute atomic E-state index is 0.192. The van der Waals surface area contributed by atoms with Crippen LogP contribution in [-0.4, -0.2) is 37.5 Å². The van der Waals surface area contributed by atoms with Gasteiger partial charge in [-0.3, -0.25) is 9.59 Å². The molecule has 1 aromatic heterocycles. The number of likely N-dealkylation sites (N-methyl/N-ethyl adjacent to an activating group) is 1. The summed E-state index contributed by atoms with van der Waals surface area (Å²) in [6.07, 6.45) is 3.13. The highest BCUT2D eigenvalue weighted by Crippen LogP contribution is 2.28. The first-order chi connectivity index (χ1) is 15.4. The molecule has 0 radical (unpaired) electrons. The Balaban J connectivity index is 1.61. The number of methoxy groups -OCH3 is 1. The van der Waals surface area contributed by atoms with Gasteiger partial charge in [0.15, 0.2) is 18.1 Å². The van der Waals surface area contributed by atoms with E-state index in [9.17, 15) is 9.59 Å². The Hall–Kier alpha value is -3.71. The van der Waals surface area contributed by atoms with Crippen LogP contribution in [0.5, 0.6) is 11.5 Å². The van der Waals surface area contributed by atoms with Crippen molar-refractivity contribution in [2.45, 2.75) is 6.54 Å². The SMILES string of the molecule is COc1cc(/C=C/C(=O)N(C)Cc2ccc(-c3ccc(Cl)cc3)o2)ccc1OCC(N)=O. The number of amides is 2. The first kappa shape index (κ1) is 23.0. The molecular formula is C24H23ClN2O5. The number of nitrogens with two attached hydrogens (primary N) is 1. The monoisotopic (exact) mass is 454 g/mol. The zero-order valence-electron chi connectivity index (χ0n) is 17.7. The number of carbonyl (C=O) groups is 2. The summed E-state index contributed by atoms with van der Waals surface area (Å²) in [5.41, 5.74) is 6.74. The lowest BCUT2D eigenvalue weighted by Crippen LogP contribution is -2.23. The van der Waals surface area contributed by atoms with Crippen LogP contribution in [0.25, 0.3) is 17.4 Å². The smallest absolute Gasteiger partial charge is 0.255 e. The normalized spacial score (nSPS) is 10.8. The topological polar surface area (TPSA) is 95.0 Å². The highest BCUT2D eigenvalue weighted by molar-refractivity contribution is 6.30. The molecule has 1 heterocycles. The zero-order chi connectivity index (χ0) is 23.1. The van der Waals surface area contributed by atoms with Crippen molar-refractivity contribution in [1.29, 1.82) is 0 Å². The number of rotatable bonds is 9. The lowest BCUT2D eigenvalue weighted by atomic mass is 10.2. The summed E-state index contributed by atoms with van der Waals surface area (Å²) in [7, 11) is 3.18. The van der Waals surface area contributed by atoms with E-state index in [1.807, 2.05) is 24.3 Å². The van der Waals surface area contributed by atoms with Crippen LogP contribution in [0.1, 0.15) is 11.3 Å². The number of halogens is 1. The van der Waals surface area contributed by atoms with Crippen molar-refractivity contribution in [3.05, 3.63) is 77.0 Å². The van der Waals surface area contributed by atoms with Crippen LogP contribution in [0.3, 0.4) is 0 Å². The van der Waals surface area contributed by atoms with E-state index >= 15 is 0 Å². The number of primary amides is 1. The van der Waals surface area contributed by atoms with Gasteiger partial charge in [-0.1, -0.05) is 17.7 Å². The van der Waals surface area contributed by atoms with Crippen molar-refractivity contribution in [2.24, 2.45) is 5.73 Å². The maximum Gasteiger partial charge on any atom is 0.255 e. The molecule has 0 aliphatic heterocycles.